The number of aromatic amines is 1. The van der Waals surface area contributed by atoms with Crippen LogP contribution in [0.25, 0.3) is 11.0 Å². The van der Waals surface area contributed by atoms with Gasteiger partial charge in [0.05, 0.1) is 16.6 Å². The summed E-state index contributed by atoms with van der Waals surface area (Å²) in [5, 5.41) is 3.69. The zero-order valence-corrected chi connectivity index (χ0v) is 12.1. The third kappa shape index (κ3) is 2.06. The van der Waals surface area contributed by atoms with Crippen molar-refractivity contribution in [1.29, 1.82) is 0 Å². The highest BCUT2D eigenvalue weighted by molar-refractivity contribution is 5.79. The first kappa shape index (κ1) is 12.7. The summed E-state index contributed by atoms with van der Waals surface area (Å²) in [6.45, 7) is 7.64. The molecule has 3 nitrogen and oxygen atoms in total. The van der Waals surface area contributed by atoms with Gasteiger partial charge in [-0.25, -0.2) is 4.98 Å². The quantitative estimate of drug-likeness (QED) is 0.882. The van der Waals surface area contributed by atoms with E-state index in [9.17, 15) is 0 Å². The molecule has 0 saturated carbocycles. The predicted molar refractivity (Wildman–Crippen MR) is 79.4 cm³/mol. The maximum atomic E-state index is 4.91. The van der Waals surface area contributed by atoms with Crippen LogP contribution >= 0.6 is 0 Å². The Morgan fingerprint density at radius 2 is 2.16 bits per heavy atom. The van der Waals surface area contributed by atoms with Gasteiger partial charge >= 0.3 is 0 Å². The van der Waals surface area contributed by atoms with Crippen molar-refractivity contribution in [1.82, 2.24) is 15.3 Å². The molecule has 102 valence electrons. The summed E-state index contributed by atoms with van der Waals surface area (Å²) in [5.74, 6) is 1.13. The van der Waals surface area contributed by atoms with Gasteiger partial charge in [0.25, 0.3) is 0 Å². The van der Waals surface area contributed by atoms with Crippen LogP contribution in [-0.4, -0.2) is 16.5 Å². The van der Waals surface area contributed by atoms with Gasteiger partial charge in [-0.05, 0) is 56.8 Å². The maximum absolute atomic E-state index is 4.91. The van der Waals surface area contributed by atoms with Gasteiger partial charge in [0, 0.05) is 0 Å². The maximum Gasteiger partial charge on any atom is 0.127 e. The fourth-order valence-electron chi connectivity index (χ4n) is 3.46. The molecule has 0 amide bonds. The Bertz CT molecular complexity index is 591. The number of benzene rings is 1. The molecule has 0 aliphatic carbocycles. The zero-order valence-electron chi connectivity index (χ0n) is 12.1. The van der Waals surface area contributed by atoms with Gasteiger partial charge in [0.2, 0.25) is 0 Å². The van der Waals surface area contributed by atoms with E-state index in [1.807, 2.05) is 0 Å². The summed E-state index contributed by atoms with van der Waals surface area (Å²) in [6, 6.07) is 4.41. The van der Waals surface area contributed by atoms with E-state index in [2.05, 4.69) is 43.2 Å². The van der Waals surface area contributed by atoms with Crippen LogP contribution in [-0.2, 0) is 5.54 Å². The lowest BCUT2D eigenvalue weighted by atomic mass is 9.91. The highest BCUT2D eigenvalue weighted by Gasteiger charge is 2.37. The third-order valence-electron chi connectivity index (χ3n) is 4.30. The Hall–Kier alpha value is -1.35. The lowest BCUT2D eigenvalue weighted by Gasteiger charge is -2.26. The molecule has 19 heavy (non-hydrogen) atoms. The number of aromatic nitrogens is 2. The number of nitrogens with one attached hydrogen (secondary N) is 2. The topological polar surface area (TPSA) is 40.7 Å². The number of rotatable bonds is 3. The number of aryl methyl sites for hydroxylation is 2. The molecule has 1 fully saturated rings. The zero-order chi connectivity index (χ0) is 13.5. The molecule has 1 unspecified atom stereocenters. The number of H-pyrrole nitrogens is 1. The minimum Gasteiger partial charge on any atom is -0.340 e. The van der Waals surface area contributed by atoms with Crippen molar-refractivity contribution in [2.45, 2.75) is 52.0 Å². The average Bonchev–Trinajstić information content (AvgIpc) is 2.96. The van der Waals surface area contributed by atoms with Gasteiger partial charge in [0.15, 0.2) is 0 Å². The Kier molecular flexibility index (Phi) is 3.09. The Morgan fingerprint density at radius 1 is 1.32 bits per heavy atom. The van der Waals surface area contributed by atoms with E-state index in [1.54, 1.807) is 0 Å². The number of hydrogen-bond donors (Lipinski definition) is 2. The first-order valence-corrected chi connectivity index (χ1v) is 7.37. The fraction of sp³-hybridized carbons (Fsp3) is 0.562. The lowest BCUT2D eigenvalue weighted by molar-refractivity contribution is 0.338. The lowest BCUT2D eigenvalue weighted by Crippen LogP contribution is -2.37. The summed E-state index contributed by atoms with van der Waals surface area (Å²) < 4.78 is 0. The predicted octanol–water partition coefficient (Wildman–Crippen LogP) is 3.56. The average molecular weight is 257 g/mol. The molecule has 2 N–H and O–H groups in total. The van der Waals surface area contributed by atoms with E-state index in [1.165, 1.54) is 35.9 Å². The molecule has 1 aliphatic heterocycles. The second-order valence-corrected chi connectivity index (χ2v) is 5.93. The second-order valence-electron chi connectivity index (χ2n) is 5.93. The molecule has 1 saturated heterocycles. The SMILES string of the molecule is CCCC1(c2nc3c(C)cc(C)cc3[nH]2)CCCN1. The van der Waals surface area contributed by atoms with Crippen LogP contribution in [0.15, 0.2) is 12.1 Å². The third-order valence-corrected chi connectivity index (χ3v) is 4.30. The van der Waals surface area contributed by atoms with E-state index in [0.29, 0.717) is 0 Å². The molecule has 2 heterocycles. The van der Waals surface area contributed by atoms with Gasteiger partial charge in [-0.1, -0.05) is 19.4 Å². The van der Waals surface area contributed by atoms with Crippen LogP contribution in [0.1, 0.15) is 49.6 Å². The summed E-state index contributed by atoms with van der Waals surface area (Å²) in [7, 11) is 0. The van der Waals surface area contributed by atoms with Crippen LogP contribution in [0.3, 0.4) is 0 Å². The second kappa shape index (κ2) is 4.64. The number of imidazole rings is 1. The van der Waals surface area contributed by atoms with E-state index in [0.717, 1.165) is 24.3 Å². The molecule has 0 bridgehead atoms. The first-order chi connectivity index (χ1) is 9.14. The van der Waals surface area contributed by atoms with Crippen molar-refractivity contribution in [3.8, 4) is 0 Å². The smallest absolute Gasteiger partial charge is 0.127 e. The molecule has 2 aromatic rings. The van der Waals surface area contributed by atoms with Crippen molar-refractivity contribution in [3.63, 3.8) is 0 Å². The molecular weight excluding hydrogens is 234 g/mol. The highest BCUT2D eigenvalue weighted by atomic mass is 15.1. The molecule has 1 atom stereocenters. The van der Waals surface area contributed by atoms with Crippen molar-refractivity contribution in [3.05, 3.63) is 29.1 Å². The van der Waals surface area contributed by atoms with Crippen molar-refractivity contribution in [2.75, 3.05) is 6.54 Å². The van der Waals surface area contributed by atoms with Crippen LogP contribution in [0, 0.1) is 13.8 Å². The summed E-state index contributed by atoms with van der Waals surface area (Å²) in [4.78, 5) is 8.48. The van der Waals surface area contributed by atoms with Crippen LogP contribution < -0.4 is 5.32 Å². The molecule has 1 aromatic heterocycles. The summed E-state index contributed by atoms with van der Waals surface area (Å²) in [6.07, 6.45) is 4.78. The molecule has 3 heteroatoms. The Morgan fingerprint density at radius 3 is 2.84 bits per heavy atom. The standard InChI is InChI=1S/C16H23N3/c1-4-6-16(7-5-8-17-16)15-18-13-10-11(2)9-12(3)14(13)19-15/h9-10,17H,4-8H2,1-3H3,(H,18,19). The van der Waals surface area contributed by atoms with E-state index >= 15 is 0 Å². The van der Waals surface area contributed by atoms with E-state index in [4.69, 9.17) is 4.98 Å². The van der Waals surface area contributed by atoms with Gasteiger partial charge in [0.1, 0.15) is 5.82 Å². The molecule has 1 aliphatic rings. The minimum atomic E-state index is 0.0775. The van der Waals surface area contributed by atoms with Gasteiger partial charge < -0.3 is 10.3 Å². The molecule has 0 spiro atoms. The fourth-order valence-corrected chi connectivity index (χ4v) is 3.46. The van der Waals surface area contributed by atoms with Crippen LogP contribution in [0.4, 0.5) is 0 Å². The molecule has 0 radical (unpaired) electrons. The van der Waals surface area contributed by atoms with Crippen molar-refractivity contribution in [2.24, 2.45) is 0 Å². The van der Waals surface area contributed by atoms with Gasteiger partial charge in [-0.3, -0.25) is 0 Å². The monoisotopic (exact) mass is 257 g/mol. The Balaban J connectivity index is 2.11. The van der Waals surface area contributed by atoms with Crippen molar-refractivity contribution >= 4 is 11.0 Å². The Labute approximate surface area is 114 Å². The summed E-state index contributed by atoms with van der Waals surface area (Å²) in [5.41, 5.74) is 4.95. The number of hydrogen-bond acceptors (Lipinski definition) is 2. The normalized spacial score (nSPS) is 23.3. The van der Waals surface area contributed by atoms with E-state index < -0.39 is 0 Å². The first-order valence-electron chi connectivity index (χ1n) is 7.37. The van der Waals surface area contributed by atoms with E-state index in [-0.39, 0.29) is 5.54 Å². The minimum absolute atomic E-state index is 0.0775. The molecule has 3 rings (SSSR count). The number of fused-ring (bicyclic) bond motifs is 1. The summed E-state index contributed by atoms with van der Waals surface area (Å²) >= 11 is 0. The van der Waals surface area contributed by atoms with Crippen LogP contribution in [0.2, 0.25) is 0 Å². The van der Waals surface area contributed by atoms with Gasteiger partial charge in [-0.2, -0.15) is 0 Å². The van der Waals surface area contributed by atoms with Gasteiger partial charge in [-0.15, -0.1) is 0 Å². The molecule has 1 aromatic carbocycles. The van der Waals surface area contributed by atoms with Crippen LogP contribution in [0.5, 0.6) is 0 Å². The molecular formula is C16H23N3. The largest absolute Gasteiger partial charge is 0.340 e. The highest BCUT2D eigenvalue weighted by Crippen LogP contribution is 2.35. The number of nitrogens with zero attached hydrogens (tertiary/aromatic N) is 1. The van der Waals surface area contributed by atoms with Crippen molar-refractivity contribution < 1.29 is 0 Å².